The highest BCUT2D eigenvalue weighted by Gasteiger charge is 1.89. The lowest BCUT2D eigenvalue weighted by molar-refractivity contribution is 0.0538. The fourth-order valence-electron chi connectivity index (χ4n) is 4.48. The van der Waals surface area contributed by atoms with Crippen LogP contribution in [0.25, 0.3) is 0 Å². The topological polar surface area (TPSA) is 316 Å². The second-order valence-corrected chi connectivity index (χ2v) is 16.0. The molecule has 488 valence electrons. The minimum absolute atomic E-state index is 0.0833. The summed E-state index contributed by atoms with van der Waals surface area (Å²) < 4.78 is 54.5. The molecule has 0 spiro atoms. The van der Waals surface area contributed by atoms with E-state index in [1.807, 2.05) is 20.8 Å². The first-order valence-corrected chi connectivity index (χ1v) is 30.0. The van der Waals surface area contributed by atoms with Crippen molar-refractivity contribution in [3.63, 3.8) is 0 Å². The maximum atomic E-state index is 8.29. The van der Waals surface area contributed by atoms with Crippen LogP contribution in [0.2, 0.25) is 0 Å². The number of likely N-dealkylation sites (N-methyl/N-ethyl adjacent to an activating group) is 2. The fourth-order valence-corrected chi connectivity index (χ4v) is 4.48. The van der Waals surface area contributed by atoms with E-state index < -0.39 is 0 Å². The van der Waals surface area contributed by atoms with Gasteiger partial charge >= 0.3 is 0 Å². The van der Waals surface area contributed by atoms with Gasteiger partial charge in [0.25, 0.3) is 0 Å². The number of aliphatic hydroxyl groups excluding tert-OH is 3. The van der Waals surface area contributed by atoms with Gasteiger partial charge in [-0.2, -0.15) is 0 Å². The van der Waals surface area contributed by atoms with Crippen molar-refractivity contribution < 1.29 is 67.4 Å². The molecule has 0 aliphatic carbocycles. The lowest BCUT2D eigenvalue weighted by atomic mass is 10.2. The van der Waals surface area contributed by atoms with Crippen LogP contribution in [0.1, 0.15) is 152 Å². The van der Waals surface area contributed by atoms with Gasteiger partial charge in [-0.3, -0.25) is 0 Å². The van der Waals surface area contributed by atoms with Gasteiger partial charge in [-0.1, -0.05) is 106 Å². The molecule has 0 bridgehead atoms. The lowest BCUT2D eigenvalue weighted by Gasteiger charge is -2.02. The normalized spacial score (nSPS) is 9.69. The van der Waals surface area contributed by atoms with Crippen molar-refractivity contribution in [1.82, 2.24) is 10.6 Å². The van der Waals surface area contributed by atoms with Gasteiger partial charge < -0.3 is 107 Å². The van der Waals surface area contributed by atoms with Crippen molar-refractivity contribution in [2.24, 2.45) is 28.7 Å². The standard InChI is InChI=1S/C8H18O.C7H16O.C6H16N2O2.C6H15NO2.C6H15NO.C6H14O.C5H13NO2.C5H13NO.C4H11NO2.C4H10O/c1-3-5-6-7-8-9-4-2;1-3-4-5-6-7-8-2;7-1-3-9-5-6-10-4-2-8;1-2-8-5-6-9-4-3-7;1-3-7-5-6-8-4-2;1-2-3-4-5-6-7;1-7-4-5-8-3-2-6;1-3-6-4-5-7-2;5-1-3-7-4-2-6;1-2-3-4-5/h3-8H2,1-2H3;3-7H2,1-2H3;1-8H2;2-7H2,1H3;7H,3-6H2,1-2H3;7H,2-6H2,1H3;2-6H2,1H3;6H,3-5H2,1-2H3;6H,1-5H2;5H,2-4H2,1H3. The molecular formula is C57H141N7O14. The van der Waals surface area contributed by atoms with E-state index in [0.29, 0.717) is 125 Å². The van der Waals surface area contributed by atoms with E-state index in [-0.39, 0.29) is 6.61 Å². The number of hydrogen-bond acceptors (Lipinski definition) is 21. The SMILES string of the molecule is CCCCCCO.CCCCCCOC.CCCCCCOCC.CCCCO.CCNCCOC.CCNCCOCC.CCOCCOCCN.COCCOCCN.NCCOCCO.NCCOCCOCCN. The molecule has 0 saturated carbocycles. The zero-order chi connectivity index (χ0) is 61.0. The summed E-state index contributed by atoms with van der Waals surface area (Å²) >= 11 is 0. The summed E-state index contributed by atoms with van der Waals surface area (Å²) in [6, 6.07) is 0. The third kappa shape index (κ3) is 186. The van der Waals surface area contributed by atoms with Crippen LogP contribution in [-0.2, 0) is 52.1 Å². The van der Waals surface area contributed by atoms with Crippen LogP contribution in [0.5, 0.6) is 0 Å². The Hall–Kier alpha value is -0.840. The van der Waals surface area contributed by atoms with Gasteiger partial charge in [-0.15, -0.1) is 0 Å². The van der Waals surface area contributed by atoms with E-state index in [1.165, 1.54) is 70.6 Å². The number of unbranched alkanes of at least 4 members (excludes halogenated alkanes) is 10. The number of nitrogens with one attached hydrogen (secondary N) is 2. The number of methoxy groups -OCH3 is 3. The van der Waals surface area contributed by atoms with E-state index in [2.05, 4.69) is 52.2 Å². The second-order valence-electron chi connectivity index (χ2n) is 16.0. The smallest absolute Gasteiger partial charge is 0.0701 e. The molecule has 21 heteroatoms. The Labute approximate surface area is 483 Å². The zero-order valence-electron chi connectivity index (χ0n) is 53.5. The van der Waals surface area contributed by atoms with Crippen molar-refractivity contribution in [2.45, 2.75) is 152 Å². The minimum atomic E-state index is 0.0833. The van der Waals surface area contributed by atoms with Crippen LogP contribution in [0.3, 0.4) is 0 Å². The Kier molecular flexibility index (Phi) is 168. The minimum Gasteiger partial charge on any atom is -0.396 e. The molecule has 0 rings (SSSR count). The number of aliphatic hydroxyl groups is 3. The Bertz CT molecular complexity index is 646. The average Bonchev–Trinajstić information content (AvgIpc) is 3.45. The van der Waals surface area contributed by atoms with Crippen LogP contribution in [0.15, 0.2) is 0 Å². The second kappa shape index (κ2) is 132. The van der Waals surface area contributed by atoms with Gasteiger partial charge in [0, 0.05) is 113 Å². The summed E-state index contributed by atoms with van der Waals surface area (Å²) in [5.74, 6) is 0. The van der Waals surface area contributed by atoms with Gasteiger partial charge in [-0.05, 0) is 59.5 Å². The fraction of sp³-hybridized carbons (Fsp3) is 1.00. The molecule has 0 unspecified atom stereocenters. The van der Waals surface area contributed by atoms with E-state index >= 15 is 0 Å². The highest BCUT2D eigenvalue weighted by molar-refractivity contribution is 4.41. The van der Waals surface area contributed by atoms with Crippen LogP contribution in [0, 0.1) is 0 Å². The predicted molar refractivity (Wildman–Crippen MR) is 330 cm³/mol. The van der Waals surface area contributed by atoms with E-state index in [9.17, 15) is 0 Å². The molecule has 0 aromatic rings. The molecule has 78 heavy (non-hydrogen) atoms. The van der Waals surface area contributed by atoms with Gasteiger partial charge in [0.2, 0.25) is 0 Å². The third-order valence-electron chi connectivity index (χ3n) is 8.61. The lowest BCUT2D eigenvalue weighted by Crippen LogP contribution is -2.18. The molecule has 0 aromatic carbocycles. The molecule has 21 nitrogen and oxygen atoms in total. The summed E-state index contributed by atoms with van der Waals surface area (Å²) in [6.45, 7) is 39.7. The Balaban J connectivity index is -0.0000000827. The summed E-state index contributed by atoms with van der Waals surface area (Å²) in [5, 5.41) is 30.8. The van der Waals surface area contributed by atoms with Crippen LogP contribution >= 0.6 is 0 Å². The van der Waals surface area contributed by atoms with E-state index in [4.69, 9.17) is 96.1 Å². The first kappa shape index (κ1) is 99.2. The molecule has 0 amide bonds. The van der Waals surface area contributed by atoms with Gasteiger partial charge in [0.1, 0.15) is 0 Å². The summed E-state index contributed by atoms with van der Waals surface area (Å²) in [7, 11) is 5.11. The van der Waals surface area contributed by atoms with Crippen molar-refractivity contribution in [3.05, 3.63) is 0 Å². The Morgan fingerprint density at radius 2 is 0.577 bits per heavy atom. The van der Waals surface area contributed by atoms with Crippen LogP contribution < -0.4 is 39.3 Å². The summed E-state index contributed by atoms with van der Waals surface area (Å²) in [4.78, 5) is 0. The maximum Gasteiger partial charge on any atom is 0.0701 e. The van der Waals surface area contributed by atoms with Crippen LogP contribution in [0.4, 0.5) is 0 Å². The van der Waals surface area contributed by atoms with Crippen molar-refractivity contribution >= 4 is 0 Å². The number of hydrogen-bond donors (Lipinski definition) is 10. The molecular weight excluding hydrogens is 1010 g/mol. The Morgan fingerprint density at radius 3 is 0.885 bits per heavy atom. The largest absolute Gasteiger partial charge is 0.396 e. The molecule has 0 atom stereocenters. The molecule has 0 saturated heterocycles. The highest BCUT2D eigenvalue weighted by atomic mass is 16.5. The van der Waals surface area contributed by atoms with E-state index in [0.717, 1.165) is 91.7 Å². The van der Waals surface area contributed by atoms with Crippen LogP contribution in [-0.4, -0.2) is 241 Å². The molecule has 0 heterocycles. The predicted octanol–water partition coefficient (Wildman–Crippen LogP) is 5.53. The third-order valence-corrected chi connectivity index (χ3v) is 8.61. The van der Waals surface area contributed by atoms with E-state index in [1.54, 1.807) is 21.3 Å². The monoisotopic (exact) mass is 1150 g/mol. The summed E-state index contributed by atoms with van der Waals surface area (Å²) in [5.41, 5.74) is 25.8. The number of ether oxygens (including phenoxy) is 11. The first-order chi connectivity index (χ1) is 38.1. The molecule has 0 aliphatic rings. The molecule has 15 N–H and O–H groups in total. The zero-order valence-corrected chi connectivity index (χ0v) is 53.5. The average molecular weight is 1150 g/mol. The first-order valence-electron chi connectivity index (χ1n) is 30.0. The van der Waals surface area contributed by atoms with Crippen molar-refractivity contribution in [2.75, 3.05) is 226 Å². The van der Waals surface area contributed by atoms with Gasteiger partial charge in [0.05, 0.1) is 99.1 Å². The highest BCUT2D eigenvalue weighted by Crippen LogP contribution is 1.99. The maximum absolute atomic E-state index is 8.29. The molecule has 0 radical (unpaired) electrons. The molecule has 0 fully saturated rings. The molecule has 0 aromatic heterocycles. The summed E-state index contributed by atoms with van der Waals surface area (Å²) in [6.07, 6.45) is 17.2. The van der Waals surface area contributed by atoms with Gasteiger partial charge in [-0.25, -0.2) is 0 Å². The number of rotatable bonds is 48. The van der Waals surface area contributed by atoms with Crippen molar-refractivity contribution in [1.29, 1.82) is 0 Å². The number of nitrogens with two attached hydrogens (primary N) is 5. The Morgan fingerprint density at radius 1 is 0.269 bits per heavy atom. The molecule has 0 aliphatic heterocycles. The quantitative estimate of drug-likeness (QED) is 0.0335. The van der Waals surface area contributed by atoms with Crippen molar-refractivity contribution in [3.8, 4) is 0 Å². The van der Waals surface area contributed by atoms with Gasteiger partial charge in [0.15, 0.2) is 0 Å².